The summed E-state index contributed by atoms with van der Waals surface area (Å²) in [4.78, 5) is 13.3. The Kier molecular flexibility index (Phi) is 2.40. The normalized spacial score (nSPS) is 29.5. The van der Waals surface area contributed by atoms with Gasteiger partial charge in [-0.3, -0.25) is 4.79 Å². The SMILES string of the molecule is [2H]c1c([2H])c([2H])c2c(c1[2H])c1c3c(c4c5ccccc5n5c4c1n2[C@@]1(C)O[C@@H]5C[C@]1(O)CO)C(=O)NC3. The van der Waals surface area contributed by atoms with Gasteiger partial charge in [0.1, 0.15) is 11.8 Å². The molecule has 1 amide bonds. The number of fused-ring (bicyclic) bond motifs is 13. The van der Waals surface area contributed by atoms with E-state index in [-0.39, 0.29) is 47.9 Å². The van der Waals surface area contributed by atoms with E-state index in [1.165, 1.54) is 0 Å². The Labute approximate surface area is 193 Å². The first kappa shape index (κ1) is 14.7. The lowest BCUT2D eigenvalue weighted by molar-refractivity contribution is -0.189. The van der Waals surface area contributed by atoms with Crippen molar-refractivity contribution in [2.45, 2.75) is 37.4 Å². The molecule has 0 radical (unpaired) electrons. The smallest absolute Gasteiger partial charge is 0.252 e. The molecule has 2 bridgehead atoms. The maximum Gasteiger partial charge on any atom is 0.252 e. The second-order valence-electron chi connectivity index (χ2n) is 9.38. The van der Waals surface area contributed by atoms with Gasteiger partial charge in [0.2, 0.25) is 0 Å². The number of nitrogens with one attached hydrogen (secondary N) is 1. The number of rotatable bonds is 1. The van der Waals surface area contributed by atoms with Gasteiger partial charge in [-0.2, -0.15) is 0 Å². The minimum atomic E-state index is -1.75. The molecule has 7 heteroatoms. The van der Waals surface area contributed by atoms with Gasteiger partial charge in [0, 0.05) is 34.5 Å². The number of aliphatic hydroxyl groups excluding tert-OH is 1. The molecular formula is C26H21N3O4. The third-order valence-corrected chi connectivity index (χ3v) is 7.96. The molecule has 3 aromatic carbocycles. The molecule has 5 aromatic rings. The molecule has 3 aliphatic heterocycles. The van der Waals surface area contributed by atoms with E-state index in [0.29, 0.717) is 27.5 Å². The minimum absolute atomic E-state index is 0.0446. The summed E-state index contributed by atoms with van der Waals surface area (Å²) in [6, 6.07) is 6.34. The van der Waals surface area contributed by atoms with Crippen LogP contribution in [0, 0.1) is 0 Å². The van der Waals surface area contributed by atoms with E-state index in [2.05, 4.69) is 5.32 Å². The van der Waals surface area contributed by atoms with E-state index in [9.17, 15) is 15.0 Å². The number of carbonyl (C=O) groups excluding carboxylic acids is 1. The quantitative estimate of drug-likeness (QED) is 0.370. The third kappa shape index (κ3) is 1.75. The van der Waals surface area contributed by atoms with Crippen LogP contribution < -0.4 is 5.32 Å². The average molecular weight is 443 g/mol. The van der Waals surface area contributed by atoms with Gasteiger partial charge in [0.05, 0.1) is 39.7 Å². The van der Waals surface area contributed by atoms with Crippen LogP contribution in [0.2, 0.25) is 0 Å². The maximum absolute atomic E-state index is 13.3. The topological polar surface area (TPSA) is 88.7 Å². The first-order chi connectivity index (χ1) is 17.6. The fraction of sp³-hybridized carbons (Fsp3) is 0.269. The molecule has 0 aliphatic carbocycles. The highest BCUT2D eigenvalue weighted by atomic mass is 16.6. The molecule has 0 saturated carbocycles. The number of benzene rings is 3. The monoisotopic (exact) mass is 443 g/mol. The predicted octanol–water partition coefficient (Wildman–Crippen LogP) is 3.47. The van der Waals surface area contributed by atoms with E-state index in [0.717, 1.165) is 16.3 Å². The Morgan fingerprint density at radius 2 is 2.00 bits per heavy atom. The summed E-state index contributed by atoms with van der Waals surface area (Å²) < 4.78 is 44.8. The molecule has 0 unspecified atom stereocenters. The van der Waals surface area contributed by atoms with Crippen molar-refractivity contribution in [2.75, 3.05) is 6.61 Å². The van der Waals surface area contributed by atoms with Gasteiger partial charge in [-0.1, -0.05) is 36.3 Å². The standard InChI is InChI=1S/C26H21N3O4/c1-25-26(32,12-30)10-18(33-25)28-16-8-4-2-6-13(16)20-21-15(11-27-24(21)31)19-14-7-3-5-9-17(14)29(25)23(19)22(20)28/h2-9,18,30,32H,10-12H2,1H3,(H,27,31)/t18-,25+,26+/m1/s1/i3D,5D,7D,9D. The number of ether oxygens (including phenoxy) is 1. The van der Waals surface area contributed by atoms with Gasteiger partial charge in [-0.25, -0.2) is 0 Å². The fourth-order valence-electron chi connectivity index (χ4n) is 6.46. The Balaban J connectivity index is 1.81. The Bertz CT molecular complexity index is 1950. The van der Waals surface area contributed by atoms with Gasteiger partial charge >= 0.3 is 0 Å². The van der Waals surface area contributed by atoms with E-state index in [1.807, 2.05) is 28.8 Å². The molecule has 2 aromatic heterocycles. The van der Waals surface area contributed by atoms with Crippen molar-refractivity contribution < 1.29 is 25.2 Å². The van der Waals surface area contributed by atoms with Crippen molar-refractivity contribution in [3.05, 3.63) is 59.6 Å². The molecule has 3 aliphatic rings. The molecule has 33 heavy (non-hydrogen) atoms. The van der Waals surface area contributed by atoms with Gasteiger partial charge < -0.3 is 29.4 Å². The maximum atomic E-state index is 13.3. The van der Waals surface area contributed by atoms with E-state index in [1.54, 1.807) is 11.5 Å². The van der Waals surface area contributed by atoms with Gasteiger partial charge in [0.25, 0.3) is 5.91 Å². The van der Waals surface area contributed by atoms with Crippen LogP contribution in [-0.2, 0) is 17.0 Å². The van der Waals surface area contributed by atoms with Crippen LogP contribution in [0.25, 0.3) is 43.6 Å². The molecule has 3 atom stereocenters. The number of aliphatic hydroxyl groups is 2. The lowest BCUT2D eigenvalue weighted by Gasteiger charge is -2.38. The lowest BCUT2D eigenvalue weighted by Crippen LogP contribution is -2.53. The molecule has 1 saturated heterocycles. The average Bonchev–Trinajstić information content (AvgIpc) is 3.58. The van der Waals surface area contributed by atoms with Crippen molar-refractivity contribution in [3.63, 3.8) is 0 Å². The second kappa shape index (κ2) is 5.39. The fourth-order valence-corrected chi connectivity index (χ4v) is 6.46. The predicted molar refractivity (Wildman–Crippen MR) is 124 cm³/mol. The second-order valence-corrected chi connectivity index (χ2v) is 9.38. The summed E-state index contributed by atoms with van der Waals surface area (Å²) in [7, 11) is 0. The van der Waals surface area contributed by atoms with Crippen molar-refractivity contribution in [1.82, 2.24) is 14.5 Å². The highest BCUT2D eigenvalue weighted by Gasteiger charge is 2.60. The van der Waals surface area contributed by atoms with Crippen LogP contribution in [0.1, 0.15) is 41.0 Å². The zero-order valence-electron chi connectivity index (χ0n) is 21.6. The Morgan fingerprint density at radius 1 is 1.18 bits per heavy atom. The number of hydrogen-bond acceptors (Lipinski definition) is 4. The first-order valence-corrected chi connectivity index (χ1v) is 11.0. The van der Waals surface area contributed by atoms with E-state index < -0.39 is 30.2 Å². The summed E-state index contributed by atoms with van der Waals surface area (Å²) in [6.45, 7) is 1.24. The zero-order chi connectivity index (χ0) is 25.8. The van der Waals surface area contributed by atoms with Crippen LogP contribution in [0.15, 0.2) is 48.4 Å². The number of amides is 1. The minimum Gasteiger partial charge on any atom is -0.393 e. The number of carbonyl (C=O) groups is 1. The highest BCUT2D eigenvalue weighted by molar-refractivity contribution is 6.31. The van der Waals surface area contributed by atoms with Crippen LogP contribution in [0.4, 0.5) is 0 Å². The van der Waals surface area contributed by atoms with Gasteiger partial charge in [0.15, 0.2) is 5.72 Å². The Hall–Kier alpha value is -3.39. The molecule has 8 rings (SSSR count). The number of para-hydroxylation sites is 2. The van der Waals surface area contributed by atoms with E-state index in [4.69, 9.17) is 10.2 Å². The van der Waals surface area contributed by atoms with Crippen LogP contribution in [0.5, 0.6) is 0 Å². The summed E-state index contributed by atoms with van der Waals surface area (Å²) in [6.07, 6.45) is -0.649. The molecule has 7 nitrogen and oxygen atoms in total. The largest absolute Gasteiger partial charge is 0.393 e. The third-order valence-electron chi connectivity index (χ3n) is 7.96. The molecule has 3 N–H and O–H groups in total. The van der Waals surface area contributed by atoms with Crippen LogP contribution >= 0.6 is 0 Å². The summed E-state index contributed by atoms with van der Waals surface area (Å²) in [5.41, 5.74) is 0.0110. The van der Waals surface area contributed by atoms with Crippen molar-refractivity contribution >= 4 is 49.5 Å². The Morgan fingerprint density at radius 3 is 2.85 bits per heavy atom. The molecule has 0 spiro atoms. The summed E-state index contributed by atoms with van der Waals surface area (Å²) in [5.74, 6) is -0.241. The number of hydrogen-bond donors (Lipinski definition) is 3. The van der Waals surface area contributed by atoms with Crippen LogP contribution in [-0.4, -0.2) is 37.5 Å². The molecular weight excluding hydrogens is 418 g/mol. The highest BCUT2D eigenvalue weighted by Crippen LogP contribution is 2.57. The number of aromatic nitrogens is 2. The first-order valence-electron chi connectivity index (χ1n) is 13.0. The molecule has 164 valence electrons. The lowest BCUT2D eigenvalue weighted by atomic mass is 9.89. The summed E-state index contributed by atoms with van der Waals surface area (Å²) in [5, 5.41) is 27.5. The zero-order valence-corrected chi connectivity index (χ0v) is 17.6. The van der Waals surface area contributed by atoms with Crippen molar-refractivity contribution in [1.29, 1.82) is 0 Å². The molecule has 5 heterocycles. The van der Waals surface area contributed by atoms with Gasteiger partial charge in [-0.15, -0.1) is 0 Å². The molecule has 1 fully saturated rings. The summed E-state index contributed by atoms with van der Waals surface area (Å²) >= 11 is 0. The van der Waals surface area contributed by atoms with Crippen LogP contribution in [0.3, 0.4) is 0 Å². The van der Waals surface area contributed by atoms with Gasteiger partial charge in [-0.05, 0) is 24.6 Å². The van der Waals surface area contributed by atoms with Crippen molar-refractivity contribution in [3.8, 4) is 0 Å². The van der Waals surface area contributed by atoms with E-state index >= 15 is 0 Å². The van der Waals surface area contributed by atoms with Crippen molar-refractivity contribution in [2.24, 2.45) is 0 Å². The number of nitrogens with zero attached hydrogens (tertiary/aromatic N) is 2.